The van der Waals surface area contributed by atoms with Crippen LogP contribution in [-0.2, 0) is 4.74 Å². The second-order valence-electron chi connectivity index (χ2n) is 6.29. The lowest BCUT2D eigenvalue weighted by Crippen LogP contribution is -2.14. The Balaban J connectivity index is 1.80. The number of rotatable bonds is 2. The zero-order valence-electron chi connectivity index (χ0n) is 13.3. The monoisotopic (exact) mass is 309 g/mol. The molecule has 3 heteroatoms. The van der Waals surface area contributed by atoms with E-state index >= 15 is 0 Å². The molecular formula is C20H20FNO. The van der Waals surface area contributed by atoms with Gasteiger partial charge in [0, 0.05) is 30.5 Å². The highest BCUT2D eigenvalue weighted by molar-refractivity contribution is 5.85. The molecular weight excluding hydrogens is 289 g/mol. The van der Waals surface area contributed by atoms with E-state index in [9.17, 15) is 4.39 Å². The largest absolute Gasteiger partial charge is 0.381 e. The zero-order chi connectivity index (χ0) is 15.8. The molecule has 0 bridgehead atoms. The van der Waals surface area contributed by atoms with Gasteiger partial charge in [0.15, 0.2) is 0 Å². The van der Waals surface area contributed by atoms with Crippen LogP contribution in [0.3, 0.4) is 0 Å². The van der Waals surface area contributed by atoms with E-state index in [1.165, 1.54) is 5.56 Å². The van der Waals surface area contributed by atoms with Crippen LogP contribution in [0.15, 0.2) is 48.7 Å². The van der Waals surface area contributed by atoms with Gasteiger partial charge in [0.1, 0.15) is 5.82 Å². The predicted octanol–water partition coefficient (Wildman–Crippen LogP) is 4.97. The van der Waals surface area contributed by atoms with E-state index in [-0.39, 0.29) is 5.82 Å². The van der Waals surface area contributed by atoms with Crippen molar-refractivity contribution < 1.29 is 9.13 Å². The van der Waals surface area contributed by atoms with Crippen molar-refractivity contribution in [3.05, 3.63) is 65.6 Å². The zero-order valence-corrected chi connectivity index (χ0v) is 13.3. The lowest BCUT2D eigenvalue weighted by atomic mass is 9.91. The average Bonchev–Trinajstić information content (AvgIpc) is 3.06. The van der Waals surface area contributed by atoms with Crippen LogP contribution in [0.2, 0.25) is 0 Å². The van der Waals surface area contributed by atoms with Gasteiger partial charge in [0.05, 0.1) is 5.52 Å². The molecule has 1 saturated heterocycles. The lowest BCUT2D eigenvalue weighted by Gasteiger charge is -2.23. The van der Waals surface area contributed by atoms with Gasteiger partial charge < -0.3 is 9.30 Å². The molecule has 3 aromatic rings. The number of hydrogen-bond acceptors (Lipinski definition) is 1. The van der Waals surface area contributed by atoms with Crippen LogP contribution in [-0.4, -0.2) is 17.8 Å². The third-order valence-corrected chi connectivity index (χ3v) is 4.84. The highest BCUT2D eigenvalue weighted by Crippen LogP contribution is 2.30. The molecule has 1 fully saturated rings. The fraction of sp³-hybridized carbons (Fsp3) is 0.300. The van der Waals surface area contributed by atoms with Gasteiger partial charge in [0.25, 0.3) is 0 Å². The summed E-state index contributed by atoms with van der Waals surface area (Å²) < 4.78 is 21.6. The summed E-state index contributed by atoms with van der Waals surface area (Å²) in [6.07, 6.45) is 4.11. The maximum atomic E-state index is 14.0. The van der Waals surface area contributed by atoms with Crippen molar-refractivity contribution in [2.45, 2.75) is 25.7 Å². The number of aromatic nitrogens is 1. The summed E-state index contributed by atoms with van der Waals surface area (Å²) in [5.41, 5.74) is 4.48. The fourth-order valence-electron chi connectivity index (χ4n) is 3.57. The number of halogens is 1. The second-order valence-corrected chi connectivity index (χ2v) is 6.29. The van der Waals surface area contributed by atoms with Gasteiger partial charge in [-0.3, -0.25) is 0 Å². The molecule has 0 saturated carbocycles. The molecule has 0 spiro atoms. The van der Waals surface area contributed by atoms with Gasteiger partial charge in [-0.25, -0.2) is 4.39 Å². The molecule has 0 unspecified atom stereocenters. The minimum absolute atomic E-state index is 0.162. The Morgan fingerprint density at radius 2 is 1.91 bits per heavy atom. The molecule has 1 aromatic heterocycles. The Morgan fingerprint density at radius 1 is 1.09 bits per heavy atom. The third kappa shape index (κ3) is 2.55. The van der Waals surface area contributed by atoms with E-state index in [4.69, 9.17) is 4.74 Å². The molecule has 0 amide bonds. The Morgan fingerprint density at radius 3 is 2.74 bits per heavy atom. The Labute approximate surface area is 135 Å². The summed E-state index contributed by atoms with van der Waals surface area (Å²) in [6.45, 7) is 3.71. The molecule has 118 valence electrons. The molecule has 0 N–H and O–H groups in total. The summed E-state index contributed by atoms with van der Waals surface area (Å²) >= 11 is 0. The number of aryl methyl sites for hydroxylation is 1. The fourth-order valence-corrected chi connectivity index (χ4v) is 3.57. The number of nitrogens with zero attached hydrogens (tertiary/aromatic N) is 1. The topological polar surface area (TPSA) is 14.2 Å². The highest BCUT2D eigenvalue weighted by atomic mass is 19.1. The van der Waals surface area contributed by atoms with E-state index in [1.54, 1.807) is 6.07 Å². The summed E-state index contributed by atoms with van der Waals surface area (Å²) in [5.74, 6) is 0.397. The summed E-state index contributed by atoms with van der Waals surface area (Å²) in [7, 11) is 0. The summed E-state index contributed by atoms with van der Waals surface area (Å²) in [4.78, 5) is 0. The standard InChI is InChI=1S/C20H20FNO/c1-14-5-6-19(21)18-7-10-22(20(14)18)17-4-2-3-16(13-17)15-8-11-23-12-9-15/h2-7,10,13,15H,8-9,11-12H2,1H3. The van der Waals surface area contributed by atoms with Gasteiger partial charge in [-0.05, 0) is 61.1 Å². The molecule has 0 atom stereocenters. The smallest absolute Gasteiger partial charge is 0.132 e. The molecule has 23 heavy (non-hydrogen) atoms. The molecule has 1 aliphatic rings. The van der Waals surface area contributed by atoms with Crippen molar-refractivity contribution in [1.82, 2.24) is 4.57 Å². The van der Waals surface area contributed by atoms with Crippen LogP contribution in [0.4, 0.5) is 4.39 Å². The number of hydrogen-bond donors (Lipinski definition) is 0. The predicted molar refractivity (Wildman–Crippen MR) is 90.8 cm³/mol. The number of ether oxygens (including phenoxy) is 1. The summed E-state index contributed by atoms with van der Waals surface area (Å²) in [6, 6.07) is 13.9. The maximum absolute atomic E-state index is 14.0. The minimum Gasteiger partial charge on any atom is -0.381 e. The van der Waals surface area contributed by atoms with Gasteiger partial charge in [-0.1, -0.05) is 18.2 Å². The Kier molecular flexibility index (Phi) is 3.66. The normalized spacial score (nSPS) is 16.1. The van der Waals surface area contributed by atoms with Crippen LogP contribution < -0.4 is 0 Å². The van der Waals surface area contributed by atoms with E-state index in [2.05, 4.69) is 28.8 Å². The van der Waals surface area contributed by atoms with Crippen molar-refractivity contribution >= 4 is 10.9 Å². The van der Waals surface area contributed by atoms with Crippen molar-refractivity contribution in [1.29, 1.82) is 0 Å². The van der Waals surface area contributed by atoms with E-state index < -0.39 is 0 Å². The van der Waals surface area contributed by atoms with Crippen molar-refractivity contribution in [3.8, 4) is 5.69 Å². The molecule has 2 nitrogen and oxygen atoms in total. The Bertz CT molecular complexity index is 846. The lowest BCUT2D eigenvalue weighted by molar-refractivity contribution is 0.0853. The molecule has 2 heterocycles. The third-order valence-electron chi connectivity index (χ3n) is 4.84. The van der Waals surface area contributed by atoms with Gasteiger partial charge in [-0.2, -0.15) is 0 Å². The summed E-state index contributed by atoms with van der Waals surface area (Å²) in [5, 5.41) is 0.682. The minimum atomic E-state index is -0.162. The first-order valence-electron chi connectivity index (χ1n) is 8.18. The first-order valence-corrected chi connectivity index (χ1v) is 8.18. The first-order chi connectivity index (χ1) is 11.2. The number of fused-ring (bicyclic) bond motifs is 1. The van der Waals surface area contributed by atoms with E-state index in [0.717, 1.165) is 42.8 Å². The van der Waals surface area contributed by atoms with Crippen LogP contribution in [0.5, 0.6) is 0 Å². The highest BCUT2D eigenvalue weighted by Gasteiger charge is 2.17. The van der Waals surface area contributed by atoms with Gasteiger partial charge >= 0.3 is 0 Å². The van der Waals surface area contributed by atoms with Crippen LogP contribution in [0.25, 0.3) is 16.6 Å². The Hall–Kier alpha value is -2.13. The SMILES string of the molecule is Cc1ccc(F)c2ccn(-c3cccc(C4CCOCC4)c3)c12. The number of benzene rings is 2. The molecule has 4 rings (SSSR count). The molecule has 2 aromatic carbocycles. The average molecular weight is 309 g/mol. The van der Waals surface area contributed by atoms with Gasteiger partial charge in [0.2, 0.25) is 0 Å². The maximum Gasteiger partial charge on any atom is 0.132 e. The van der Waals surface area contributed by atoms with E-state index in [0.29, 0.717) is 11.3 Å². The van der Waals surface area contributed by atoms with Crippen molar-refractivity contribution in [2.75, 3.05) is 13.2 Å². The molecule has 0 aliphatic carbocycles. The quantitative estimate of drug-likeness (QED) is 0.652. The first kappa shape index (κ1) is 14.5. The second kappa shape index (κ2) is 5.82. The van der Waals surface area contributed by atoms with Crippen LogP contribution >= 0.6 is 0 Å². The van der Waals surface area contributed by atoms with Crippen LogP contribution in [0, 0.1) is 12.7 Å². The molecule has 0 radical (unpaired) electrons. The molecule has 1 aliphatic heterocycles. The van der Waals surface area contributed by atoms with E-state index in [1.807, 2.05) is 25.3 Å². The van der Waals surface area contributed by atoms with Crippen molar-refractivity contribution in [3.63, 3.8) is 0 Å². The van der Waals surface area contributed by atoms with Crippen molar-refractivity contribution in [2.24, 2.45) is 0 Å². The van der Waals surface area contributed by atoms with Gasteiger partial charge in [-0.15, -0.1) is 0 Å². The van der Waals surface area contributed by atoms with Crippen LogP contribution in [0.1, 0.15) is 29.9 Å².